The van der Waals surface area contributed by atoms with Crippen LogP contribution in [0.2, 0.25) is 0 Å². The third kappa shape index (κ3) is 4.48. The van der Waals surface area contributed by atoms with Crippen molar-refractivity contribution in [3.63, 3.8) is 0 Å². The molecule has 0 fully saturated rings. The number of oxazole rings is 1. The number of anilines is 1. The Labute approximate surface area is 152 Å². The molecule has 0 saturated carbocycles. The Bertz CT molecular complexity index is 910. The number of carbonyl (C=O) groups is 1. The van der Waals surface area contributed by atoms with Gasteiger partial charge in [-0.1, -0.05) is 18.3 Å². The normalized spacial score (nSPS) is 10.9. The highest BCUT2D eigenvalue weighted by atomic mass is 32.1. The molecule has 1 N–H and O–H groups in total. The zero-order valence-corrected chi connectivity index (χ0v) is 14.8. The molecule has 2 aromatic heterocycles. The maximum atomic E-state index is 13.8. The number of rotatable bonds is 7. The van der Waals surface area contributed by atoms with Crippen LogP contribution in [0.4, 0.5) is 13.9 Å². The Morgan fingerprint density at radius 2 is 2.12 bits per heavy atom. The first-order valence-corrected chi connectivity index (χ1v) is 8.89. The van der Waals surface area contributed by atoms with Crippen LogP contribution in [-0.2, 0) is 17.6 Å². The molecule has 6 nitrogen and oxygen atoms in total. The van der Waals surface area contributed by atoms with Crippen LogP contribution in [0, 0.1) is 11.6 Å². The number of nitrogens with one attached hydrogen (secondary N) is 1. The van der Waals surface area contributed by atoms with E-state index in [1.807, 2.05) is 6.92 Å². The van der Waals surface area contributed by atoms with Crippen LogP contribution in [0.15, 0.2) is 28.8 Å². The van der Waals surface area contributed by atoms with E-state index >= 15 is 0 Å². The number of carbonyl (C=O) groups excluding carboxylic acids is 1. The maximum Gasteiger partial charge on any atom is 0.226 e. The minimum Gasteiger partial charge on any atom is -0.441 e. The zero-order valence-electron chi connectivity index (χ0n) is 14.0. The van der Waals surface area contributed by atoms with Gasteiger partial charge >= 0.3 is 0 Å². The molecule has 0 aliphatic heterocycles. The molecule has 0 bridgehead atoms. The van der Waals surface area contributed by atoms with Gasteiger partial charge in [0.05, 0.1) is 11.8 Å². The Morgan fingerprint density at radius 1 is 1.27 bits per heavy atom. The fourth-order valence-corrected chi connectivity index (χ4v) is 3.12. The van der Waals surface area contributed by atoms with Gasteiger partial charge in [-0.2, -0.15) is 0 Å². The van der Waals surface area contributed by atoms with E-state index in [1.54, 1.807) is 0 Å². The molecule has 0 saturated heterocycles. The van der Waals surface area contributed by atoms with Crippen molar-refractivity contribution in [3.05, 3.63) is 46.9 Å². The second-order valence-electron chi connectivity index (χ2n) is 5.54. The number of aromatic nitrogens is 3. The summed E-state index contributed by atoms with van der Waals surface area (Å²) in [6.45, 7) is 2.04. The van der Waals surface area contributed by atoms with Crippen molar-refractivity contribution < 1.29 is 18.0 Å². The van der Waals surface area contributed by atoms with Crippen LogP contribution in [0.1, 0.15) is 30.7 Å². The number of hydrogen-bond donors (Lipinski definition) is 1. The monoisotopic (exact) mass is 378 g/mol. The Balaban J connectivity index is 1.56. The second-order valence-corrected chi connectivity index (χ2v) is 6.60. The molecule has 9 heteroatoms. The number of halogens is 2. The van der Waals surface area contributed by atoms with E-state index in [9.17, 15) is 13.6 Å². The number of amides is 1. The van der Waals surface area contributed by atoms with Crippen molar-refractivity contribution in [1.29, 1.82) is 0 Å². The summed E-state index contributed by atoms with van der Waals surface area (Å²) in [5.74, 6) is -1.16. The SMILES string of the molecule is CCCc1nnc(NC(=O)CCc2ncc(-c3ccc(F)cc3F)o2)s1. The van der Waals surface area contributed by atoms with E-state index in [1.165, 1.54) is 23.6 Å². The lowest BCUT2D eigenvalue weighted by molar-refractivity contribution is -0.116. The molecule has 0 aliphatic rings. The quantitative estimate of drug-likeness (QED) is 0.672. The van der Waals surface area contributed by atoms with Crippen LogP contribution >= 0.6 is 11.3 Å². The average Bonchev–Trinajstić information content (AvgIpc) is 3.23. The van der Waals surface area contributed by atoms with Crippen molar-refractivity contribution in [3.8, 4) is 11.3 Å². The van der Waals surface area contributed by atoms with Crippen molar-refractivity contribution in [2.75, 3.05) is 5.32 Å². The van der Waals surface area contributed by atoms with Crippen LogP contribution in [0.25, 0.3) is 11.3 Å². The van der Waals surface area contributed by atoms with Gasteiger partial charge in [0.25, 0.3) is 0 Å². The summed E-state index contributed by atoms with van der Waals surface area (Å²) in [5.41, 5.74) is 0.118. The highest BCUT2D eigenvalue weighted by molar-refractivity contribution is 7.15. The van der Waals surface area contributed by atoms with Gasteiger partial charge < -0.3 is 9.73 Å². The number of nitrogens with zero attached hydrogens (tertiary/aromatic N) is 3. The molecule has 0 atom stereocenters. The van der Waals surface area contributed by atoms with Gasteiger partial charge in [-0.15, -0.1) is 10.2 Å². The van der Waals surface area contributed by atoms with E-state index < -0.39 is 11.6 Å². The molecule has 0 aliphatic carbocycles. The molecule has 136 valence electrons. The van der Waals surface area contributed by atoms with Crippen molar-refractivity contribution >= 4 is 22.4 Å². The van der Waals surface area contributed by atoms with E-state index in [4.69, 9.17) is 4.42 Å². The topological polar surface area (TPSA) is 80.9 Å². The highest BCUT2D eigenvalue weighted by Gasteiger charge is 2.14. The molecule has 3 rings (SSSR count). The lowest BCUT2D eigenvalue weighted by atomic mass is 10.2. The lowest BCUT2D eigenvalue weighted by Gasteiger charge is -2.00. The molecule has 0 radical (unpaired) electrons. The van der Waals surface area contributed by atoms with Gasteiger partial charge in [-0.3, -0.25) is 4.79 Å². The van der Waals surface area contributed by atoms with E-state index in [-0.39, 0.29) is 30.1 Å². The fraction of sp³-hybridized carbons (Fsp3) is 0.294. The predicted octanol–water partition coefficient (Wildman–Crippen LogP) is 4.00. The van der Waals surface area contributed by atoms with Gasteiger partial charge in [0.1, 0.15) is 16.6 Å². The molecule has 1 aromatic carbocycles. The fourth-order valence-electron chi connectivity index (χ4n) is 2.26. The third-order valence-corrected chi connectivity index (χ3v) is 4.39. The Hall–Kier alpha value is -2.68. The summed E-state index contributed by atoms with van der Waals surface area (Å²) in [6.07, 6.45) is 3.52. The summed E-state index contributed by atoms with van der Waals surface area (Å²) in [6, 6.07) is 3.20. The van der Waals surface area contributed by atoms with Crippen molar-refractivity contribution in [1.82, 2.24) is 15.2 Å². The lowest BCUT2D eigenvalue weighted by Crippen LogP contribution is -2.12. The highest BCUT2D eigenvalue weighted by Crippen LogP contribution is 2.24. The van der Waals surface area contributed by atoms with Crippen molar-refractivity contribution in [2.45, 2.75) is 32.6 Å². The van der Waals surface area contributed by atoms with Crippen LogP contribution < -0.4 is 5.32 Å². The van der Waals surface area contributed by atoms with Gasteiger partial charge in [0, 0.05) is 25.3 Å². The van der Waals surface area contributed by atoms with Gasteiger partial charge in [-0.25, -0.2) is 13.8 Å². The Morgan fingerprint density at radius 3 is 2.88 bits per heavy atom. The molecule has 0 unspecified atom stereocenters. The molecule has 0 spiro atoms. The predicted molar refractivity (Wildman–Crippen MR) is 92.7 cm³/mol. The van der Waals surface area contributed by atoms with Gasteiger partial charge in [0.15, 0.2) is 11.7 Å². The zero-order chi connectivity index (χ0) is 18.5. The molecular weight excluding hydrogens is 362 g/mol. The van der Waals surface area contributed by atoms with E-state index in [0.29, 0.717) is 11.0 Å². The van der Waals surface area contributed by atoms with Crippen LogP contribution in [-0.4, -0.2) is 21.1 Å². The molecular formula is C17H16F2N4O2S. The van der Waals surface area contributed by atoms with Gasteiger partial charge in [0.2, 0.25) is 11.0 Å². The maximum absolute atomic E-state index is 13.8. The first-order chi connectivity index (χ1) is 12.5. The molecule has 1 amide bonds. The number of hydrogen-bond acceptors (Lipinski definition) is 6. The molecule has 26 heavy (non-hydrogen) atoms. The van der Waals surface area contributed by atoms with Gasteiger partial charge in [-0.05, 0) is 18.6 Å². The minimum atomic E-state index is -0.732. The Kier molecular flexibility index (Phi) is 5.67. The minimum absolute atomic E-state index is 0.118. The third-order valence-electron chi connectivity index (χ3n) is 3.49. The first kappa shape index (κ1) is 18.1. The van der Waals surface area contributed by atoms with E-state index in [0.717, 1.165) is 30.0 Å². The summed E-state index contributed by atoms with van der Waals surface area (Å²) in [7, 11) is 0. The van der Waals surface area contributed by atoms with Crippen molar-refractivity contribution in [2.24, 2.45) is 0 Å². The largest absolute Gasteiger partial charge is 0.441 e. The second kappa shape index (κ2) is 8.13. The number of aryl methyl sites for hydroxylation is 2. The molecule has 2 heterocycles. The van der Waals surface area contributed by atoms with Crippen LogP contribution in [0.5, 0.6) is 0 Å². The first-order valence-electron chi connectivity index (χ1n) is 8.07. The average molecular weight is 378 g/mol. The smallest absolute Gasteiger partial charge is 0.226 e. The standard InChI is InChI=1S/C17H16F2N4O2S/c1-2-3-16-22-23-17(26-16)21-14(24)6-7-15-20-9-13(25-15)11-5-4-10(18)8-12(11)19/h4-5,8-9H,2-3,6-7H2,1H3,(H,21,23,24). The van der Waals surface area contributed by atoms with Crippen LogP contribution in [0.3, 0.4) is 0 Å². The molecule has 3 aromatic rings. The summed E-state index contributed by atoms with van der Waals surface area (Å²) < 4.78 is 32.2. The van der Waals surface area contributed by atoms with E-state index in [2.05, 4.69) is 20.5 Å². The summed E-state index contributed by atoms with van der Waals surface area (Å²) >= 11 is 1.35. The summed E-state index contributed by atoms with van der Waals surface area (Å²) in [4.78, 5) is 16.0. The number of benzene rings is 1. The summed E-state index contributed by atoms with van der Waals surface area (Å²) in [5, 5.41) is 11.9.